The van der Waals surface area contributed by atoms with Crippen molar-refractivity contribution in [1.29, 1.82) is 0 Å². The van der Waals surface area contributed by atoms with Crippen LogP contribution in [-0.4, -0.2) is 11.2 Å². The molecule has 27 heavy (non-hydrogen) atoms. The van der Waals surface area contributed by atoms with Crippen LogP contribution >= 0.6 is 0 Å². The second-order valence-corrected chi connectivity index (χ2v) is 11.1. The highest BCUT2D eigenvalue weighted by Crippen LogP contribution is 2.66. The van der Waals surface area contributed by atoms with Gasteiger partial charge < -0.3 is 5.11 Å². The van der Waals surface area contributed by atoms with Gasteiger partial charge in [0.05, 0.1) is 6.10 Å². The quantitative estimate of drug-likeness (QED) is 0.521. The number of hydrogen-bond donors (Lipinski definition) is 1. The zero-order valence-corrected chi connectivity index (χ0v) is 18.1. The highest BCUT2D eigenvalue weighted by Gasteiger charge is 2.58. The molecule has 1 heteroatoms. The molecule has 0 aromatic rings. The van der Waals surface area contributed by atoms with Gasteiger partial charge in [-0.15, -0.1) is 6.58 Å². The molecular weight excluding hydrogens is 328 g/mol. The zero-order valence-electron chi connectivity index (χ0n) is 18.1. The molecule has 4 rings (SSSR count). The van der Waals surface area contributed by atoms with Gasteiger partial charge in [-0.25, -0.2) is 0 Å². The van der Waals surface area contributed by atoms with E-state index >= 15 is 0 Å². The third-order valence-electron chi connectivity index (χ3n) is 9.89. The molecule has 7 unspecified atom stereocenters. The average molecular weight is 371 g/mol. The first-order chi connectivity index (χ1) is 12.9. The third-order valence-corrected chi connectivity index (χ3v) is 9.89. The number of fused-ring (bicyclic) bond motifs is 5. The summed E-state index contributed by atoms with van der Waals surface area (Å²) in [6.45, 7) is 11.5. The van der Waals surface area contributed by atoms with Gasteiger partial charge in [-0.05, 0) is 105 Å². The lowest BCUT2D eigenvalue weighted by atomic mass is 9.47. The van der Waals surface area contributed by atoms with E-state index in [4.69, 9.17) is 0 Å². The topological polar surface area (TPSA) is 20.2 Å². The van der Waals surface area contributed by atoms with Crippen LogP contribution in [0.15, 0.2) is 24.3 Å². The summed E-state index contributed by atoms with van der Waals surface area (Å²) in [7, 11) is 0. The molecular formula is C26H42O. The van der Waals surface area contributed by atoms with Crippen molar-refractivity contribution in [2.75, 3.05) is 0 Å². The lowest BCUT2D eigenvalue weighted by Crippen LogP contribution is -2.50. The van der Waals surface area contributed by atoms with Crippen molar-refractivity contribution >= 4 is 0 Å². The summed E-state index contributed by atoms with van der Waals surface area (Å²) in [6.07, 6.45) is 19.1. The number of aliphatic hydroxyl groups excluding tert-OH is 1. The van der Waals surface area contributed by atoms with E-state index in [-0.39, 0.29) is 6.10 Å². The Morgan fingerprint density at radius 3 is 2.78 bits per heavy atom. The van der Waals surface area contributed by atoms with Gasteiger partial charge in [-0.3, -0.25) is 0 Å². The van der Waals surface area contributed by atoms with E-state index in [0.717, 1.165) is 36.5 Å². The van der Waals surface area contributed by atoms with E-state index in [1.54, 1.807) is 5.57 Å². The fraction of sp³-hybridized carbons (Fsp3) is 0.846. The lowest BCUT2D eigenvalue weighted by Gasteiger charge is -2.58. The van der Waals surface area contributed by atoms with E-state index in [0.29, 0.717) is 16.7 Å². The molecule has 0 aromatic carbocycles. The largest absolute Gasteiger partial charge is 0.393 e. The van der Waals surface area contributed by atoms with Gasteiger partial charge in [-0.1, -0.05) is 44.9 Å². The Morgan fingerprint density at radius 2 is 2.00 bits per heavy atom. The predicted molar refractivity (Wildman–Crippen MR) is 114 cm³/mol. The molecule has 152 valence electrons. The molecule has 4 aliphatic carbocycles. The van der Waals surface area contributed by atoms with E-state index < -0.39 is 0 Å². The summed E-state index contributed by atoms with van der Waals surface area (Å²) in [5, 5.41) is 10.2. The smallest absolute Gasteiger partial charge is 0.0577 e. The van der Waals surface area contributed by atoms with Gasteiger partial charge in [0.15, 0.2) is 0 Å². The molecule has 0 amide bonds. The molecule has 8 atom stereocenters. The summed E-state index contributed by atoms with van der Waals surface area (Å²) < 4.78 is 0. The minimum atomic E-state index is -0.0800. The van der Waals surface area contributed by atoms with Crippen LogP contribution in [-0.2, 0) is 0 Å². The van der Waals surface area contributed by atoms with Gasteiger partial charge >= 0.3 is 0 Å². The SMILES string of the molecule is C=CC(C)CCC[C@H]1CCC2C3CC=C4CC(O)CCC4(C)C3CCC21C. The van der Waals surface area contributed by atoms with E-state index in [1.807, 2.05) is 0 Å². The van der Waals surface area contributed by atoms with Gasteiger partial charge in [0.1, 0.15) is 0 Å². The molecule has 0 saturated heterocycles. The summed E-state index contributed by atoms with van der Waals surface area (Å²) in [5.41, 5.74) is 2.59. The zero-order chi connectivity index (χ0) is 19.2. The molecule has 3 saturated carbocycles. The van der Waals surface area contributed by atoms with Crippen molar-refractivity contribution in [2.24, 2.45) is 40.4 Å². The number of aliphatic hydroxyl groups is 1. The van der Waals surface area contributed by atoms with Crippen molar-refractivity contribution < 1.29 is 5.11 Å². The predicted octanol–water partition coefficient (Wildman–Crippen LogP) is 6.92. The van der Waals surface area contributed by atoms with Crippen molar-refractivity contribution in [1.82, 2.24) is 0 Å². The molecule has 1 nitrogen and oxygen atoms in total. The Hall–Kier alpha value is -0.560. The molecule has 3 fully saturated rings. The average Bonchev–Trinajstić information content (AvgIpc) is 2.99. The van der Waals surface area contributed by atoms with E-state index in [2.05, 4.69) is 39.5 Å². The molecule has 0 aromatic heterocycles. The van der Waals surface area contributed by atoms with E-state index in [1.165, 1.54) is 57.8 Å². The van der Waals surface area contributed by atoms with Crippen molar-refractivity contribution in [3.8, 4) is 0 Å². The van der Waals surface area contributed by atoms with Crippen LogP contribution in [0.5, 0.6) is 0 Å². The highest BCUT2D eigenvalue weighted by molar-refractivity contribution is 5.25. The maximum absolute atomic E-state index is 10.2. The summed E-state index contributed by atoms with van der Waals surface area (Å²) in [5.74, 6) is 4.35. The summed E-state index contributed by atoms with van der Waals surface area (Å²) in [6, 6.07) is 0. The Labute approximate surface area is 167 Å². The number of rotatable bonds is 5. The number of hydrogen-bond acceptors (Lipinski definition) is 1. The monoisotopic (exact) mass is 370 g/mol. The first-order valence-electron chi connectivity index (χ1n) is 11.9. The maximum Gasteiger partial charge on any atom is 0.0577 e. The lowest BCUT2D eigenvalue weighted by molar-refractivity contribution is -0.0509. The van der Waals surface area contributed by atoms with Crippen molar-refractivity contribution in [3.05, 3.63) is 24.3 Å². The first kappa shape index (κ1) is 19.7. The second kappa shape index (κ2) is 7.36. The van der Waals surface area contributed by atoms with Gasteiger partial charge in [0, 0.05) is 0 Å². The molecule has 4 aliphatic rings. The van der Waals surface area contributed by atoms with E-state index in [9.17, 15) is 5.11 Å². The van der Waals surface area contributed by atoms with Gasteiger partial charge in [0.2, 0.25) is 0 Å². The third kappa shape index (κ3) is 3.26. The number of allylic oxidation sites excluding steroid dienone is 2. The minimum absolute atomic E-state index is 0.0800. The second-order valence-electron chi connectivity index (χ2n) is 11.1. The molecule has 1 N–H and O–H groups in total. The standard InChI is InChI=1S/C26H42O/c1-5-18(2)7-6-8-19-10-12-23-22-11-9-20-17-21(27)13-15-26(20,4)24(22)14-16-25(19,23)3/h5,9,18-19,21-24,27H,1,6-8,10-17H2,2-4H3/t18?,19-,21?,22?,23?,24?,25?,26?/m0/s1. The highest BCUT2D eigenvalue weighted by atomic mass is 16.3. The normalized spacial score (nSPS) is 47.4. The molecule has 0 bridgehead atoms. The fourth-order valence-corrected chi connectivity index (χ4v) is 8.03. The molecule has 0 heterocycles. The maximum atomic E-state index is 10.2. The van der Waals surface area contributed by atoms with Crippen molar-refractivity contribution in [3.63, 3.8) is 0 Å². The summed E-state index contributed by atoms with van der Waals surface area (Å²) in [4.78, 5) is 0. The van der Waals surface area contributed by atoms with Crippen LogP contribution in [0.1, 0.15) is 91.4 Å². The molecule has 0 aliphatic heterocycles. The minimum Gasteiger partial charge on any atom is -0.393 e. The van der Waals surface area contributed by atoms with Crippen LogP contribution in [0.2, 0.25) is 0 Å². The first-order valence-corrected chi connectivity index (χ1v) is 11.9. The van der Waals surface area contributed by atoms with Crippen LogP contribution < -0.4 is 0 Å². The Bertz CT molecular complexity index is 591. The Morgan fingerprint density at radius 1 is 1.19 bits per heavy atom. The fourth-order valence-electron chi connectivity index (χ4n) is 8.03. The van der Waals surface area contributed by atoms with Crippen LogP contribution in [0.4, 0.5) is 0 Å². The van der Waals surface area contributed by atoms with Crippen LogP contribution in [0, 0.1) is 40.4 Å². The Balaban J connectivity index is 1.48. The molecule has 0 spiro atoms. The van der Waals surface area contributed by atoms with Gasteiger partial charge in [0.25, 0.3) is 0 Å². The van der Waals surface area contributed by atoms with Gasteiger partial charge in [-0.2, -0.15) is 0 Å². The van der Waals surface area contributed by atoms with Crippen molar-refractivity contribution in [2.45, 2.75) is 97.5 Å². The van der Waals surface area contributed by atoms with Crippen LogP contribution in [0.25, 0.3) is 0 Å². The van der Waals surface area contributed by atoms with Crippen LogP contribution in [0.3, 0.4) is 0 Å². The molecule has 0 radical (unpaired) electrons. The Kier molecular flexibility index (Phi) is 5.38. The summed E-state index contributed by atoms with van der Waals surface area (Å²) >= 11 is 0.